The van der Waals surface area contributed by atoms with Gasteiger partial charge < -0.3 is 23.9 Å². The Kier molecular flexibility index (Phi) is 7.64. The van der Waals surface area contributed by atoms with Gasteiger partial charge in [0, 0.05) is 35.2 Å². The van der Waals surface area contributed by atoms with E-state index >= 15 is 0 Å². The highest BCUT2D eigenvalue weighted by atomic mass is 16.5. The molecule has 4 rings (SSSR count). The molecule has 0 fully saturated rings. The van der Waals surface area contributed by atoms with Crippen molar-refractivity contribution >= 4 is 22.4 Å². The maximum Gasteiger partial charge on any atom is 0.244 e. The van der Waals surface area contributed by atoms with Crippen LogP contribution in [0.4, 0.5) is 0 Å². The lowest BCUT2D eigenvalue weighted by Gasteiger charge is -2.11. The van der Waals surface area contributed by atoms with Crippen molar-refractivity contribution in [3.05, 3.63) is 83.6 Å². The second kappa shape index (κ2) is 11.0. The standard InChI is InChI=1S/C30H31NO5/c1-19-6-9-22(10-7-19)25-18-36-28-17-27(34-4)23(16-24(25)28)20(2)14-30(32)31-13-12-21-8-11-26(33-3)29(15-21)35-5/h6-11,14-18H,12-13H2,1-5H3,(H,31,32)/b20-14+. The zero-order chi connectivity index (χ0) is 25.7. The number of nitrogens with one attached hydrogen (secondary N) is 1. The molecule has 0 saturated heterocycles. The summed E-state index contributed by atoms with van der Waals surface area (Å²) < 4.78 is 22.1. The SMILES string of the molecule is COc1ccc(CCNC(=O)/C=C(\C)c2cc3c(-c4ccc(C)cc4)coc3cc2OC)cc1OC. The Hall–Kier alpha value is -4.19. The van der Waals surface area contributed by atoms with Crippen LogP contribution in [-0.2, 0) is 11.2 Å². The zero-order valence-electron chi connectivity index (χ0n) is 21.3. The van der Waals surface area contributed by atoms with Gasteiger partial charge in [0.2, 0.25) is 5.91 Å². The third-order valence-corrected chi connectivity index (χ3v) is 6.19. The van der Waals surface area contributed by atoms with Crippen LogP contribution in [0.3, 0.4) is 0 Å². The van der Waals surface area contributed by atoms with Crippen LogP contribution in [-0.4, -0.2) is 33.8 Å². The predicted molar refractivity (Wildman–Crippen MR) is 143 cm³/mol. The number of furan rings is 1. The average Bonchev–Trinajstić information content (AvgIpc) is 3.31. The van der Waals surface area contributed by atoms with Crippen LogP contribution in [0.5, 0.6) is 17.2 Å². The number of hydrogen-bond donors (Lipinski definition) is 1. The smallest absolute Gasteiger partial charge is 0.244 e. The summed E-state index contributed by atoms with van der Waals surface area (Å²) in [5, 5.41) is 3.93. The Morgan fingerprint density at radius 1 is 0.917 bits per heavy atom. The maximum absolute atomic E-state index is 12.7. The van der Waals surface area contributed by atoms with E-state index in [-0.39, 0.29) is 5.91 Å². The fourth-order valence-electron chi connectivity index (χ4n) is 4.18. The van der Waals surface area contributed by atoms with Gasteiger partial charge in [-0.15, -0.1) is 0 Å². The normalized spacial score (nSPS) is 11.4. The highest BCUT2D eigenvalue weighted by molar-refractivity contribution is 6.00. The summed E-state index contributed by atoms with van der Waals surface area (Å²) >= 11 is 0. The van der Waals surface area contributed by atoms with Crippen molar-refractivity contribution in [3.63, 3.8) is 0 Å². The predicted octanol–water partition coefficient (Wildman–Crippen LogP) is 6.20. The summed E-state index contributed by atoms with van der Waals surface area (Å²) in [6.45, 7) is 4.46. The van der Waals surface area contributed by atoms with Crippen LogP contribution in [0, 0.1) is 6.92 Å². The number of hydrogen-bond acceptors (Lipinski definition) is 5. The molecule has 1 N–H and O–H groups in total. The molecule has 4 aromatic rings. The van der Waals surface area contributed by atoms with Crippen LogP contribution in [0.25, 0.3) is 27.7 Å². The second-order valence-electron chi connectivity index (χ2n) is 8.62. The number of fused-ring (bicyclic) bond motifs is 1. The molecule has 1 amide bonds. The van der Waals surface area contributed by atoms with Gasteiger partial charge in [0.25, 0.3) is 0 Å². The number of rotatable bonds is 9. The highest BCUT2D eigenvalue weighted by Crippen LogP contribution is 2.37. The van der Waals surface area contributed by atoms with Crippen LogP contribution >= 0.6 is 0 Å². The Morgan fingerprint density at radius 2 is 1.64 bits per heavy atom. The van der Waals surface area contributed by atoms with E-state index in [1.54, 1.807) is 33.7 Å². The first-order valence-electron chi connectivity index (χ1n) is 11.8. The summed E-state index contributed by atoms with van der Waals surface area (Å²) in [7, 11) is 4.83. The molecule has 0 radical (unpaired) electrons. The molecule has 186 valence electrons. The average molecular weight is 486 g/mol. The minimum absolute atomic E-state index is 0.166. The monoisotopic (exact) mass is 485 g/mol. The van der Waals surface area contributed by atoms with Gasteiger partial charge in [-0.05, 0) is 55.2 Å². The molecule has 0 aliphatic carbocycles. The number of aryl methyl sites for hydroxylation is 1. The maximum atomic E-state index is 12.7. The lowest BCUT2D eigenvalue weighted by Crippen LogP contribution is -2.23. The molecule has 0 saturated carbocycles. The number of carbonyl (C=O) groups is 1. The lowest BCUT2D eigenvalue weighted by atomic mass is 9.99. The van der Waals surface area contributed by atoms with Crippen molar-refractivity contribution in [1.82, 2.24) is 5.32 Å². The minimum atomic E-state index is -0.166. The van der Waals surface area contributed by atoms with Crippen molar-refractivity contribution in [2.45, 2.75) is 20.3 Å². The first-order chi connectivity index (χ1) is 17.4. The molecule has 3 aromatic carbocycles. The molecule has 0 aliphatic rings. The first kappa shape index (κ1) is 24.9. The molecule has 1 aromatic heterocycles. The van der Waals surface area contributed by atoms with Crippen LogP contribution in [0.1, 0.15) is 23.6 Å². The fourth-order valence-corrected chi connectivity index (χ4v) is 4.18. The Balaban J connectivity index is 1.51. The molecule has 0 atom stereocenters. The second-order valence-corrected chi connectivity index (χ2v) is 8.62. The number of ether oxygens (including phenoxy) is 3. The number of benzene rings is 3. The van der Waals surface area contributed by atoms with Crippen LogP contribution in [0.2, 0.25) is 0 Å². The van der Waals surface area contributed by atoms with E-state index in [0.717, 1.165) is 38.8 Å². The van der Waals surface area contributed by atoms with E-state index in [1.807, 2.05) is 37.3 Å². The van der Waals surface area contributed by atoms with Crippen LogP contribution < -0.4 is 19.5 Å². The van der Waals surface area contributed by atoms with Gasteiger partial charge in [-0.25, -0.2) is 0 Å². The molecule has 36 heavy (non-hydrogen) atoms. The van der Waals surface area contributed by atoms with Gasteiger partial charge in [-0.1, -0.05) is 35.9 Å². The van der Waals surface area contributed by atoms with E-state index < -0.39 is 0 Å². The highest BCUT2D eigenvalue weighted by Gasteiger charge is 2.15. The van der Waals surface area contributed by atoms with Crippen LogP contribution in [0.15, 0.2) is 71.4 Å². The van der Waals surface area contributed by atoms with E-state index in [9.17, 15) is 4.79 Å². The van der Waals surface area contributed by atoms with Crippen molar-refractivity contribution in [1.29, 1.82) is 0 Å². The number of amides is 1. The summed E-state index contributed by atoms with van der Waals surface area (Å²) in [4.78, 5) is 12.7. The van der Waals surface area contributed by atoms with Crippen molar-refractivity contribution < 1.29 is 23.4 Å². The van der Waals surface area contributed by atoms with E-state index in [2.05, 4.69) is 36.5 Å². The van der Waals surface area contributed by atoms with E-state index in [4.69, 9.17) is 18.6 Å². The van der Waals surface area contributed by atoms with Gasteiger partial charge in [0.15, 0.2) is 11.5 Å². The van der Waals surface area contributed by atoms with Gasteiger partial charge in [0.05, 0.1) is 27.6 Å². The fraction of sp³-hybridized carbons (Fsp3) is 0.233. The molecule has 6 nitrogen and oxygen atoms in total. The molecular weight excluding hydrogens is 454 g/mol. The topological polar surface area (TPSA) is 69.9 Å². The summed E-state index contributed by atoms with van der Waals surface area (Å²) in [5.74, 6) is 1.84. The summed E-state index contributed by atoms with van der Waals surface area (Å²) in [6.07, 6.45) is 4.03. The van der Waals surface area contributed by atoms with Crippen molar-refractivity contribution in [3.8, 4) is 28.4 Å². The van der Waals surface area contributed by atoms with E-state index in [1.165, 1.54) is 5.56 Å². The molecule has 0 unspecified atom stereocenters. The third-order valence-electron chi connectivity index (χ3n) is 6.19. The summed E-state index contributed by atoms with van der Waals surface area (Å²) in [6, 6.07) is 18.0. The Morgan fingerprint density at radius 3 is 2.33 bits per heavy atom. The summed E-state index contributed by atoms with van der Waals surface area (Å²) in [5.41, 5.74) is 6.70. The van der Waals surface area contributed by atoms with Gasteiger partial charge >= 0.3 is 0 Å². The van der Waals surface area contributed by atoms with Gasteiger partial charge in [-0.3, -0.25) is 4.79 Å². The molecule has 0 bridgehead atoms. The van der Waals surface area contributed by atoms with Crippen molar-refractivity contribution in [2.75, 3.05) is 27.9 Å². The Bertz CT molecular complexity index is 1400. The quantitative estimate of drug-likeness (QED) is 0.286. The van der Waals surface area contributed by atoms with Gasteiger partial charge in [-0.2, -0.15) is 0 Å². The number of allylic oxidation sites excluding steroid dienone is 1. The minimum Gasteiger partial charge on any atom is -0.496 e. The first-order valence-corrected chi connectivity index (χ1v) is 11.8. The largest absolute Gasteiger partial charge is 0.496 e. The number of methoxy groups -OCH3 is 3. The van der Waals surface area contributed by atoms with E-state index in [0.29, 0.717) is 30.2 Å². The number of carbonyl (C=O) groups excluding carboxylic acids is 1. The lowest BCUT2D eigenvalue weighted by molar-refractivity contribution is -0.116. The zero-order valence-corrected chi connectivity index (χ0v) is 21.3. The molecule has 0 spiro atoms. The van der Waals surface area contributed by atoms with Gasteiger partial charge in [0.1, 0.15) is 11.3 Å². The molecule has 6 heteroatoms. The molecular formula is C30H31NO5. The molecule has 0 aliphatic heterocycles. The Labute approximate surface area is 211 Å². The molecule has 1 heterocycles. The van der Waals surface area contributed by atoms with Crippen molar-refractivity contribution in [2.24, 2.45) is 0 Å². The third kappa shape index (κ3) is 5.38.